The molecule has 3 nitrogen and oxygen atoms in total. The normalized spacial score (nSPS) is 11.8. The minimum Gasteiger partial charge on any atom is -0.206 e. The van der Waals surface area contributed by atoms with Crippen molar-refractivity contribution in [3.63, 3.8) is 0 Å². The quantitative estimate of drug-likeness (QED) is 0.930. The third-order valence-corrected chi connectivity index (χ3v) is 5.79. The molecule has 0 fully saturated rings. The van der Waals surface area contributed by atoms with Crippen LogP contribution in [0.25, 0.3) is 0 Å². The summed E-state index contributed by atoms with van der Waals surface area (Å²) in [4.78, 5) is 2.21. The molecule has 1 N–H and O–H groups in total. The molecule has 0 aliphatic rings. The van der Waals surface area contributed by atoms with Crippen molar-refractivity contribution in [1.29, 1.82) is 0 Å². The minimum atomic E-state index is -3.33. The first kappa shape index (κ1) is 11.8. The summed E-state index contributed by atoms with van der Waals surface area (Å²) in [5.41, 5.74) is 0. The van der Waals surface area contributed by atoms with Gasteiger partial charge in [0.2, 0.25) is 10.0 Å². The summed E-state index contributed by atoms with van der Waals surface area (Å²) in [6.45, 7) is 2.36. The molecule has 0 bridgehead atoms. The Morgan fingerprint density at radius 3 is 2.69 bits per heavy atom. The number of hydrogen-bond donors (Lipinski definition) is 1. The smallest absolute Gasteiger partial charge is 0.206 e. The summed E-state index contributed by atoms with van der Waals surface area (Å²) in [6.07, 6.45) is 0. The fraction of sp³-hybridized carbons (Fsp3) is 0.200. The highest BCUT2D eigenvalue weighted by Crippen LogP contribution is 2.18. The molecular weight excluding hydrogens is 262 g/mol. The Morgan fingerprint density at radius 2 is 2.12 bits per heavy atom. The van der Waals surface area contributed by atoms with Crippen LogP contribution in [0, 0.1) is 6.92 Å². The van der Waals surface area contributed by atoms with Crippen LogP contribution in [0.15, 0.2) is 33.9 Å². The van der Waals surface area contributed by atoms with Gasteiger partial charge in [-0.25, -0.2) is 13.1 Å². The van der Waals surface area contributed by atoms with Gasteiger partial charge in [0, 0.05) is 16.3 Å². The summed E-state index contributed by atoms with van der Waals surface area (Å²) in [5, 5.41) is 1.75. The van der Waals surface area contributed by atoms with Gasteiger partial charge < -0.3 is 0 Å². The van der Waals surface area contributed by atoms with E-state index in [4.69, 9.17) is 0 Å². The lowest BCUT2D eigenvalue weighted by Crippen LogP contribution is -2.21. The SMILES string of the molecule is Cc1ccc(CNS(=O)(=O)c2cccs2)s1. The van der Waals surface area contributed by atoms with Gasteiger partial charge in [0.05, 0.1) is 0 Å². The lowest BCUT2D eigenvalue weighted by molar-refractivity contribution is 0.584. The van der Waals surface area contributed by atoms with E-state index in [1.807, 2.05) is 19.1 Å². The second-order valence-corrected chi connectivity index (χ2v) is 7.58. The fourth-order valence-electron chi connectivity index (χ4n) is 1.23. The summed E-state index contributed by atoms with van der Waals surface area (Å²) in [7, 11) is -3.33. The van der Waals surface area contributed by atoms with Crippen LogP contribution >= 0.6 is 22.7 Å². The van der Waals surface area contributed by atoms with Crippen molar-refractivity contribution in [3.05, 3.63) is 39.4 Å². The van der Waals surface area contributed by atoms with Gasteiger partial charge in [-0.05, 0) is 30.5 Å². The summed E-state index contributed by atoms with van der Waals surface area (Å²) < 4.78 is 26.5. The number of hydrogen-bond acceptors (Lipinski definition) is 4. The topological polar surface area (TPSA) is 46.2 Å². The number of sulfonamides is 1. The third-order valence-electron chi connectivity index (χ3n) is 1.99. The zero-order chi connectivity index (χ0) is 11.6. The van der Waals surface area contributed by atoms with E-state index in [2.05, 4.69) is 4.72 Å². The van der Waals surface area contributed by atoms with E-state index in [0.29, 0.717) is 10.8 Å². The van der Waals surface area contributed by atoms with Gasteiger partial charge in [-0.3, -0.25) is 0 Å². The Balaban J connectivity index is 2.06. The molecule has 2 rings (SSSR count). The molecule has 0 saturated heterocycles. The second-order valence-electron chi connectivity index (χ2n) is 3.27. The van der Waals surface area contributed by atoms with E-state index in [1.54, 1.807) is 28.8 Å². The summed E-state index contributed by atoms with van der Waals surface area (Å²) >= 11 is 2.83. The third kappa shape index (κ3) is 2.70. The van der Waals surface area contributed by atoms with Crippen LogP contribution in [0.5, 0.6) is 0 Å². The maximum absolute atomic E-state index is 11.8. The van der Waals surface area contributed by atoms with Crippen molar-refractivity contribution in [3.8, 4) is 0 Å². The number of rotatable bonds is 4. The van der Waals surface area contributed by atoms with Gasteiger partial charge in [-0.2, -0.15) is 0 Å². The molecule has 0 radical (unpaired) electrons. The highest BCUT2D eigenvalue weighted by Gasteiger charge is 2.14. The fourth-order valence-corrected chi connectivity index (χ4v) is 4.20. The standard InChI is InChI=1S/C10H11NO2S3/c1-8-4-5-9(15-8)7-11-16(12,13)10-3-2-6-14-10/h2-6,11H,7H2,1H3. The van der Waals surface area contributed by atoms with Crippen molar-refractivity contribution in [2.75, 3.05) is 0 Å². The summed E-state index contributed by atoms with van der Waals surface area (Å²) in [6, 6.07) is 7.26. The van der Waals surface area contributed by atoms with Gasteiger partial charge in [0.1, 0.15) is 4.21 Å². The molecule has 0 aromatic carbocycles. The first-order valence-corrected chi connectivity index (χ1v) is 7.84. The van der Waals surface area contributed by atoms with Crippen molar-refractivity contribution < 1.29 is 8.42 Å². The molecule has 0 aliphatic carbocycles. The maximum Gasteiger partial charge on any atom is 0.250 e. The Labute approximate surface area is 103 Å². The lowest BCUT2D eigenvalue weighted by Gasteiger charge is -2.02. The average Bonchev–Trinajstić information content (AvgIpc) is 2.85. The van der Waals surface area contributed by atoms with E-state index < -0.39 is 10.0 Å². The zero-order valence-electron chi connectivity index (χ0n) is 8.64. The minimum absolute atomic E-state index is 0.360. The van der Waals surface area contributed by atoms with Gasteiger partial charge in [0.25, 0.3) is 0 Å². The van der Waals surface area contributed by atoms with Gasteiger partial charge >= 0.3 is 0 Å². The van der Waals surface area contributed by atoms with Crippen LogP contribution in [0.2, 0.25) is 0 Å². The van der Waals surface area contributed by atoms with Crippen LogP contribution in [-0.2, 0) is 16.6 Å². The maximum atomic E-state index is 11.8. The molecule has 0 unspecified atom stereocenters. The second kappa shape index (κ2) is 4.67. The monoisotopic (exact) mass is 273 g/mol. The van der Waals surface area contributed by atoms with Gasteiger partial charge in [-0.15, -0.1) is 22.7 Å². The molecule has 2 heterocycles. The van der Waals surface area contributed by atoms with E-state index >= 15 is 0 Å². The van der Waals surface area contributed by atoms with Crippen molar-refractivity contribution >= 4 is 32.7 Å². The Hall–Kier alpha value is -0.690. The first-order chi connectivity index (χ1) is 7.58. The molecular formula is C10H11NO2S3. The molecule has 0 aliphatic heterocycles. The molecule has 0 atom stereocenters. The molecule has 6 heteroatoms. The molecule has 0 amide bonds. The molecule has 2 aromatic rings. The van der Waals surface area contributed by atoms with E-state index in [-0.39, 0.29) is 0 Å². The van der Waals surface area contributed by atoms with Crippen molar-refractivity contribution in [1.82, 2.24) is 4.72 Å². The zero-order valence-corrected chi connectivity index (χ0v) is 11.1. The first-order valence-electron chi connectivity index (χ1n) is 4.66. The summed E-state index contributed by atoms with van der Waals surface area (Å²) in [5.74, 6) is 0. The molecule has 2 aromatic heterocycles. The van der Waals surface area contributed by atoms with E-state index in [0.717, 1.165) is 4.88 Å². The predicted octanol–water partition coefficient (Wildman–Crippen LogP) is 2.60. The Bertz CT molecular complexity index is 555. The van der Waals surface area contributed by atoms with Crippen LogP contribution < -0.4 is 4.72 Å². The highest BCUT2D eigenvalue weighted by molar-refractivity contribution is 7.91. The number of nitrogens with one attached hydrogen (secondary N) is 1. The molecule has 0 spiro atoms. The highest BCUT2D eigenvalue weighted by atomic mass is 32.2. The van der Waals surface area contributed by atoms with Gasteiger partial charge in [-0.1, -0.05) is 6.07 Å². The number of aryl methyl sites for hydroxylation is 1. The van der Waals surface area contributed by atoms with E-state index in [1.165, 1.54) is 16.2 Å². The Morgan fingerprint density at radius 1 is 1.31 bits per heavy atom. The number of thiophene rings is 2. The predicted molar refractivity (Wildman–Crippen MR) is 67.4 cm³/mol. The largest absolute Gasteiger partial charge is 0.250 e. The average molecular weight is 273 g/mol. The molecule has 86 valence electrons. The van der Waals surface area contributed by atoms with Crippen LogP contribution in [0.3, 0.4) is 0 Å². The van der Waals surface area contributed by atoms with Crippen LogP contribution in [-0.4, -0.2) is 8.42 Å². The molecule has 16 heavy (non-hydrogen) atoms. The van der Waals surface area contributed by atoms with Crippen LogP contribution in [0.4, 0.5) is 0 Å². The Kier molecular flexibility index (Phi) is 3.44. The van der Waals surface area contributed by atoms with Crippen molar-refractivity contribution in [2.24, 2.45) is 0 Å². The van der Waals surface area contributed by atoms with Gasteiger partial charge in [0.15, 0.2) is 0 Å². The van der Waals surface area contributed by atoms with Crippen molar-refractivity contribution in [2.45, 2.75) is 17.7 Å². The lowest BCUT2D eigenvalue weighted by atomic mass is 10.4. The van der Waals surface area contributed by atoms with Crippen LogP contribution in [0.1, 0.15) is 9.75 Å². The van der Waals surface area contributed by atoms with E-state index in [9.17, 15) is 8.42 Å². The molecule has 0 saturated carbocycles.